The van der Waals surface area contributed by atoms with E-state index in [4.69, 9.17) is 10.7 Å². The van der Waals surface area contributed by atoms with Crippen molar-refractivity contribution < 1.29 is 9.59 Å². The number of thiophene rings is 1. The van der Waals surface area contributed by atoms with Gasteiger partial charge < -0.3 is 10.6 Å². The van der Waals surface area contributed by atoms with E-state index in [9.17, 15) is 9.59 Å². The maximum absolute atomic E-state index is 12.6. The Bertz CT molecular complexity index is 1020. The highest BCUT2D eigenvalue weighted by Crippen LogP contribution is 2.31. The minimum atomic E-state index is -0.449. The maximum atomic E-state index is 12.6. The number of pyridine rings is 1. The molecule has 0 unspecified atom stereocenters. The first kappa shape index (κ1) is 17.7. The number of benzene rings is 1. The number of nitrogens with two attached hydrogens (primary N) is 1. The average molecular weight is 379 g/mol. The second kappa shape index (κ2) is 7.12. The highest BCUT2D eigenvalue weighted by atomic mass is 32.1. The van der Waals surface area contributed by atoms with Crippen molar-refractivity contribution >= 4 is 34.1 Å². The van der Waals surface area contributed by atoms with E-state index in [1.807, 2.05) is 53.6 Å². The lowest BCUT2D eigenvalue weighted by Crippen LogP contribution is -2.38. The quantitative estimate of drug-likeness (QED) is 0.753. The van der Waals surface area contributed by atoms with Gasteiger partial charge in [0.1, 0.15) is 0 Å². The summed E-state index contributed by atoms with van der Waals surface area (Å²) in [6.07, 6.45) is 1.56. The van der Waals surface area contributed by atoms with Crippen LogP contribution in [0.15, 0.2) is 41.8 Å². The molecule has 4 rings (SSSR count). The number of likely N-dealkylation sites (tertiary alicyclic amines) is 1. The number of primary amides is 1. The topological polar surface area (TPSA) is 76.3 Å². The van der Waals surface area contributed by atoms with Crippen LogP contribution in [0.1, 0.15) is 50.0 Å². The van der Waals surface area contributed by atoms with Crippen LogP contribution in [0.3, 0.4) is 0 Å². The Labute approximate surface area is 161 Å². The van der Waals surface area contributed by atoms with E-state index in [0.717, 1.165) is 39.9 Å². The van der Waals surface area contributed by atoms with Crippen LogP contribution < -0.4 is 5.73 Å². The molecular weight excluding hydrogens is 358 g/mol. The van der Waals surface area contributed by atoms with Gasteiger partial charge in [-0.15, -0.1) is 11.3 Å². The van der Waals surface area contributed by atoms with Crippen LogP contribution in [-0.4, -0.2) is 34.8 Å². The molecule has 1 fully saturated rings. The molecule has 1 aliphatic rings. The number of aryl methyl sites for hydroxylation is 1. The number of fused-ring (bicyclic) bond motifs is 1. The summed E-state index contributed by atoms with van der Waals surface area (Å²) in [4.78, 5) is 32.4. The number of piperidine rings is 1. The van der Waals surface area contributed by atoms with Crippen LogP contribution >= 0.6 is 11.3 Å². The minimum Gasteiger partial charge on any atom is -0.366 e. The second-order valence-electron chi connectivity index (χ2n) is 6.99. The molecule has 138 valence electrons. The first-order valence-electron chi connectivity index (χ1n) is 9.07. The van der Waals surface area contributed by atoms with Crippen molar-refractivity contribution in [2.45, 2.75) is 25.7 Å². The summed E-state index contributed by atoms with van der Waals surface area (Å²) in [5.41, 5.74) is 8.51. The molecule has 1 aromatic carbocycles. The van der Waals surface area contributed by atoms with Gasteiger partial charge >= 0.3 is 0 Å². The molecule has 6 heteroatoms. The van der Waals surface area contributed by atoms with Gasteiger partial charge in [0.25, 0.3) is 11.8 Å². The number of carbonyl (C=O) groups excluding carboxylic acids is 2. The zero-order valence-electron chi connectivity index (χ0n) is 15.1. The largest absolute Gasteiger partial charge is 0.366 e. The Kier molecular flexibility index (Phi) is 4.66. The van der Waals surface area contributed by atoms with Gasteiger partial charge in [-0.1, -0.05) is 18.2 Å². The van der Waals surface area contributed by atoms with Gasteiger partial charge in [0, 0.05) is 34.7 Å². The van der Waals surface area contributed by atoms with Crippen LogP contribution in [-0.2, 0) is 0 Å². The molecule has 1 saturated heterocycles. The fraction of sp³-hybridized carbons (Fsp3) is 0.286. The summed E-state index contributed by atoms with van der Waals surface area (Å²) in [7, 11) is 0. The number of para-hydroxylation sites is 1. The van der Waals surface area contributed by atoms with E-state index >= 15 is 0 Å². The number of nitrogens with zero attached hydrogens (tertiary/aromatic N) is 2. The Morgan fingerprint density at radius 1 is 1.19 bits per heavy atom. The summed E-state index contributed by atoms with van der Waals surface area (Å²) >= 11 is 1.59. The molecule has 0 atom stereocenters. The zero-order chi connectivity index (χ0) is 19.0. The van der Waals surface area contributed by atoms with Crippen LogP contribution in [0, 0.1) is 6.92 Å². The summed E-state index contributed by atoms with van der Waals surface area (Å²) in [5.74, 6) is -0.236. The first-order chi connectivity index (χ1) is 13.0. The van der Waals surface area contributed by atoms with Crippen molar-refractivity contribution in [2.75, 3.05) is 13.1 Å². The lowest BCUT2D eigenvalue weighted by molar-refractivity contribution is 0.0711. The van der Waals surface area contributed by atoms with Gasteiger partial charge in [-0.05, 0) is 38.0 Å². The van der Waals surface area contributed by atoms with Crippen molar-refractivity contribution in [1.82, 2.24) is 9.88 Å². The normalized spacial score (nSPS) is 15.2. The third-order valence-corrected chi connectivity index (χ3v) is 6.03. The highest BCUT2D eigenvalue weighted by Gasteiger charge is 2.28. The number of rotatable bonds is 3. The molecule has 27 heavy (non-hydrogen) atoms. The number of hydrogen-bond acceptors (Lipinski definition) is 4. The van der Waals surface area contributed by atoms with Gasteiger partial charge in [0.2, 0.25) is 0 Å². The van der Waals surface area contributed by atoms with E-state index in [2.05, 4.69) is 0 Å². The van der Waals surface area contributed by atoms with Crippen LogP contribution in [0.4, 0.5) is 0 Å². The monoisotopic (exact) mass is 379 g/mol. The van der Waals surface area contributed by atoms with Gasteiger partial charge in [-0.25, -0.2) is 0 Å². The van der Waals surface area contributed by atoms with E-state index in [0.29, 0.717) is 18.7 Å². The molecule has 2 N–H and O–H groups in total. The summed E-state index contributed by atoms with van der Waals surface area (Å²) in [6, 6.07) is 11.5. The van der Waals surface area contributed by atoms with Gasteiger partial charge in [0.05, 0.1) is 22.3 Å². The lowest BCUT2D eigenvalue weighted by atomic mass is 9.89. The smallest absolute Gasteiger partial charge is 0.254 e. The summed E-state index contributed by atoms with van der Waals surface area (Å²) < 4.78 is 0. The Morgan fingerprint density at radius 3 is 2.59 bits per heavy atom. The van der Waals surface area contributed by atoms with Crippen LogP contribution in [0.5, 0.6) is 0 Å². The van der Waals surface area contributed by atoms with E-state index in [-0.39, 0.29) is 11.8 Å². The Hall–Kier alpha value is -2.73. The minimum absolute atomic E-state index is 0.0828. The maximum Gasteiger partial charge on any atom is 0.254 e. The molecule has 3 aromatic rings. The van der Waals surface area contributed by atoms with Gasteiger partial charge in [-0.3, -0.25) is 14.6 Å². The van der Waals surface area contributed by atoms with Gasteiger partial charge in [-0.2, -0.15) is 0 Å². The predicted molar refractivity (Wildman–Crippen MR) is 107 cm³/mol. The van der Waals surface area contributed by atoms with Crippen LogP contribution in [0.2, 0.25) is 0 Å². The Balaban J connectivity index is 1.56. The zero-order valence-corrected chi connectivity index (χ0v) is 16.0. The third kappa shape index (κ3) is 3.45. The molecule has 0 spiro atoms. The average Bonchev–Trinajstić information content (AvgIpc) is 3.13. The summed E-state index contributed by atoms with van der Waals surface area (Å²) in [6.45, 7) is 3.32. The lowest BCUT2D eigenvalue weighted by Gasteiger charge is -2.32. The van der Waals surface area contributed by atoms with E-state index in [1.54, 1.807) is 11.3 Å². The number of hydrogen-bond donors (Lipinski definition) is 1. The number of aromatic nitrogens is 1. The molecule has 2 aromatic heterocycles. The standard InChI is InChI=1S/C21H21N3O2S/c1-13-10-16(12-27-13)21(26)24-8-6-14(7-9-24)19-17(20(22)25)11-15-4-2-3-5-18(15)23-19/h2-5,10-12,14H,6-9H2,1H3,(H2,22,25). The van der Waals surface area contributed by atoms with Crippen molar-refractivity contribution in [3.05, 3.63) is 63.5 Å². The SMILES string of the molecule is Cc1cc(C(=O)N2CCC(c3nc4ccccc4cc3C(N)=O)CC2)cs1. The van der Waals surface area contributed by atoms with E-state index in [1.165, 1.54) is 0 Å². The molecule has 2 amide bonds. The van der Waals surface area contributed by atoms with Crippen molar-refractivity contribution in [2.24, 2.45) is 5.73 Å². The fourth-order valence-electron chi connectivity index (χ4n) is 3.73. The molecule has 0 radical (unpaired) electrons. The molecule has 0 saturated carbocycles. The molecular formula is C21H21N3O2S. The third-order valence-electron chi connectivity index (χ3n) is 5.17. The molecule has 5 nitrogen and oxygen atoms in total. The number of amides is 2. The predicted octanol–water partition coefficient (Wildman–Crippen LogP) is 3.72. The molecule has 0 aliphatic carbocycles. The molecule has 3 heterocycles. The molecule has 0 bridgehead atoms. The highest BCUT2D eigenvalue weighted by molar-refractivity contribution is 7.10. The second-order valence-corrected chi connectivity index (χ2v) is 8.11. The van der Waals surface area contributed by atoms with Crippen molar-refractivity contribution in [3.8, 4) is 0 Å². The first-order valence-corrected chi connectivity index (χ1v) is 9.95. The Morgan fingerprint density at radius 2 is 1.93 bits per heavy atom. The fourth-order valence-corrected chi connectivity index (χ4v) is 4.41. The summed E-state index contributed by atoms with van der Waals surface area (Å²) in [5, 5.41) is 2.83. The van der Waals surface area contributed by atoms with Crippen LogP contribution in [0.25, 0.3) is 10.9 Å². The number of carbonyl (C=O) groups is 2. The van der Waals surface area contributed by atoms with Gasteiger partial charge in [0.15, 0.2) is 0 Å². The van der Waals surface area contributed by atoms with E-state index < -0.39 is 5.91 Å². The molecule has 1 aliphatic heterocycles. The van der Waals surface area contributed by atoms with Crippen molar-refractivity contribution in [3.63, 3.8) is 0 Å². The van der Waals surface area contributed by atoms with Crippen molar-refractivity contribution in [1.29, 1.82) is 0 Å².